The Morgan fingerprint density at radius 1 is 1.33 bits per heavy atom. The third-order valence-electron chi connectivity index (χ3n) is 3.64. The summed E-state index contributed by atoms with van der Waals surface area (Å²) in [5.41, 5.74) is 1.08. The van der Waals surface area contributed by atoms with Crippen LogP contribution in [0.4, 0.5) is 0 Å². The summed E-state index contributed by atoms with van der Waals surface area (Å²) in [7, 11) is 1.63. The molecule has 114 valence electrons. The summed E-state index contributed by atoms with van der Waals surface area (Å²) in [6.45, 7) is 3.32. The Balaban J connectivity index is 2.07. The quantitative estimate of drug-likeness (QED) is 0.774. The number of benzene rings is 1. The fourth-order valence-electron chi connectivity index (χ4n) is 2.50. The number of rotatable bonds is 5. The number of piperidine rings is 1. The molecule has 0 spiro atoms. The van der Waals surface area contributed by atoms with Crippen molar-refractivity contribution in [3.8, 4) is 5.75 Å². The zero-order valence-electron chi connectivity index (χ0n) is 12.5. The standard InChI is InChI=1S/C16H21NO4/c1-3-21-16(19)15-10-13(18)8-9-17(15)11-12-4-6-14(20-2)7-5-12/h4-7,15H,3,8-11H2,1-2H3. The molecule has 0 bridgehead atoms. The van der Waals surface area contributed by atoms with Crippen molar-refractivity contribution in [1.29, 1.82) is 0 Å². The molecule has 0 aliphatic carbocycles. The molecule has 2 rings (SSSR count). The third kappa shape index (κ3) is 4.04. The van der Waals surface area contributed by atoms with Crippen molar-refractivity contribution in [1.82, 2.24) is 4.90 Å². The maximum absolute atomic E-state index is 12.0. The first-order chi connectivity index (χ1) is 10.1. The summed E-state index contributed by atoms with van der Waals surface area (Å²) in [6, 6.07) is 7.26. The predicted molar refractivity (Wildman–Crippen MR) is 78.1 cm³/mol. The molecule has 0 amide bonds. The van der Waals surface area contributed by atoms with Gasteiger partial charge in [-0.25, -0.2) is 0 Å². The number of nitrogens with zero attached hydrogens (tertiary/aromatic N) is 1. The molecular formula is C16H21NO4. The lowest BCUT2D eigenvalue weighted by atomic mass is 10.00. The summed E-state index contributed by atoms with van der Waals surface area (Å²) in [5.74, 6) is 0.618. The van der Waals surface area contributed by atoms with Crippen LogP contribution in [0.2, 0.25) is 0 Å². The van der Waals surface area contributed by atoms with E-state index in [1.54, 1.807) is 14.0 Å². The minimum absolute atomic E-state index is 0.124. The first-order valence-corrected chi connectivity index (χ1v) is 7.19. The van der Waals surface area contributed by atoms with Gasteiger partial charge in [-0.3, -0.25) is 14.5 Å². The van der Waals surface area contributed by atoms with Gasteiger partial charge in [-0.2, -0.15) is 0 Å². The molecule has 21 heavy (non-hydrogen) atoms. The normalized spacial score (nSPS) is 19.3. The average Bonchev–Trinajstić information content (AvgIpc) is 2.50. The van der Waals surface area contributed by atoms with E-state index in [9.17, 15) is 9.59 Å². The molecule has 0 saturated carbocycles. The number of carbonyl (C=O) groups excluding carboxylic acids is 2. The minimum Gasteiger partial charge on any atom is -0.497 e. The molecule has 1 aliphatic heterocycles. The molecule has 1 aromatic carbocycles. The smallest absolute Gasteiger partial charge is 0.323 e. The maximum Gasteiger partial charge on any atom is 0.323 e. The van der Waals surface area contributed by atoms with Gasteiger partial charge in [0.25, 0.3) is 0 Å². The van der Waals surface area contributed by atoms with E-state index in [0.29, 0.717) is 26.1 Å². The van der Waals surface area contributed by atoms with Gasteiger partial charge in [-0.15, -0.1) is 0 Å². The number of Topliss-reactive ketones (excluding diaryl/α,β-unsaturated/α-hetero) is 1. The van der Waals surface area contributed by atoms with Gasteiger partial charge >= 0.3 is 5.97 Å². The lowest BCUT2D eigenvalue weighted by Gasteiger charge is -2.33. The summed E-state index contributed by atoms with van der Waals surface area (Å²) in [4.78, 5) is 25.6. The molecule has 5 nitrogen and oxygen atoms in total. The van der Waals surface area contributed by atoms with E-state index in [2.05, 4.69) is 0 Å². The number of methoxy groups -OCH3 is 1. The highest BCUT2D eigenvalue weighted by Gasteiger charge is 2.33. The van der Waals surface area contributed by atoms with Crippen molar-refractivity contribution < 1.29 is 19.1 Å². The second kappa shape index (κ2) is 7.22. The van der Waals surface area contributed by atoms with E-state index >= 15 is 0 Å². The van der Waals surface area contributed by atoms with Crippen molar-refractivity contribution in [2.24, 2.45) is 0 Å². The van der Waals surface area contributed by atoms with E-state index in [1.807, 2.05) is 29.2 Å². The second-order valence-corrected chi connectivity index (χ2v) is 5.08. The van der Waals surface area contributed by atoms with E-state index in [1.165, 1.54) is 0 Å². The topological polar surface area (TPSA) is 55.8 Å². The largest absolute Gasteiger partial charge is 0.497 e. The SMILES string of the molecule is CCOC(=O)C1CC(=O)CCN1Cc1ccc(OC)cc1. The fourth-order valence-corrected chi connectivity index (χ4v) is 2.50. The highest BCUT2D eigenvalue weighted by Crippen LogP contribution is 2.20. The molecule has 1 atom stereocenters. The van der Waals surface area contributed by atoms with Crippen LogP contribution in [0, 0.1) is 0 Å². The first-order valence-electron chi connectivity index (χ1n) is 7.19. The van der Waals surface area contributed by atoms with Gasteiger partial charge in [0.05, 0.1) is 13.7 Å². The predicted octanol–water partition coefficient (Wildman–Crippen LogP) is 1.79. The zero-order valence-corrected chi connectivity index (χ0v) is 12.5. The van der Waals surface area contributed by atoms with E-state index < -0.39 is 6.04 Å². The Bertz CT molecular complexity index is 498. The third-order valence-corrected chi connectivity index (χ3v) is 3.64. The van der Waals surface area contributed by atoms with Gasteiger partial charge < -0.3 is 9.47 Å². The van der Waals surface area contributed by atoms with Crippen LogP contribution in [0.25, 0.3) is 0 Å². The molecule has 1 aliphatic rings. The van der Waals surface area contributed by atoms with Crippen molar-refractivity contribution in [2.45, 2.75) is 32.4 Å². The molecule has 0 N–H and O–H groups in total. The second-order valence-electron chi connectivity index (χ2n) is 5.08. The van der Waals surface area contributed by atoms with Crippen LogP contribution in [0.1, 0.15) is 25.3 Å². The van der Waals surface area contributed by atoms with Gasteiger partial charge in [0, 0.05) is 25.9 Å². The molecule has 1 saturated heterocycles. The van der Waals surface area contributed by atoms with Crippen molar-refractivity contribution in [2.75, 3.05) is 20.3 Å². The fraction of sp³-hybridized carbons (Fsp3) is 0.500. The van der Waals surface area contributed by atoms with E-state index in [4.69, 9.17) is 9.47 Å². The summed E-state index contributed by atoms with van der Waals surface area (Å²) in [6.07, 6.45) is 0.737. The highest BCUT2D eigenvalue weighted by atomic mass is 16.5. The maximum atomic E-state index is 12.0. The van der Waals surface area contributed by atoms with Gasteiger partial charge in [-0.1, -0.05) is 12.1 Å². The van der Waals surface area contributed by atoms with Crippen molar-refractivity contribution in [3.63, 3.8) is 0 Å². The average molecular weight is 291 g/mol. The van der Waals surface area contributed by atoms with Crippen LogP contribution in [0.3, 0.4) is 0 Å². The number of hydrogen-bond acceptors (Lipinski definition) is 5. The lowest BCUT2D eigenvalue weighted by molar-refractivity contribution is -0.153. The van der Waals surface area contributed by atoms with Gasteiger partial charge in [0.2, 0.25) is 0 Å². The Hall–Kier alpha value is -1.88. The number of esters is 1. The van der Waals surface area contributed by atoms with Gasteiger partial charge in [0.15, 0.2) is 0 Å². The van der Waals surface area contributed by atoms with Crippen molar-refractivity contribution >= 4 is 11.8 Å². The number of hydrogen-bond donors (Lipinski definition) is 0. The van der Waals surface area contributed by atoms with Crippen LogP contribution in [-0.4, -0.2) is 43.0 Å². The number of ketones is 1. The van der Waals surface area contributed by atoms with Crippen LogP contribution in [0.15, 0.2) is 24.3 Å². The van der Waals surface area contributed by atoms with Crippen LogP contribution in [-0.2, 0) is 20.9 Å². The van der Waals surface area contributed by atoms with Crippen LogP contribution >= 0.6 is 0 Å². The molecule has 1 unspecified atom stereocenters. The van der Waals surface area contributed by atoms with Gasteiger partial charge in [-0.05, 0) is 24.6 Å². The Kier molecular flexibility index (Phi) is 5.33. The van der Waals surface area contributed by atoms with Gasteiger partial charge in [0.1, 0.15) is 17.6 Å². The summed E-state index contributed by atoms with van der Waals surface area (Å²) < 4.78 is 10.2. The Morgan fingerprint density at radius 3 is 2.67 bits per heavy atom. The van der Waals surface area contributed by atoms with Crippen molar-refractivity contribution in [3.05, 3.63) is 29.8 Å². The van der Waals surface area contributed by atoms with Crippen LogP contribution in [0.5, 0.6) is 5.75 Å². The lowest BCUT2D eigenvalue weighted by Crippen LogP contribution is -2.47. The summed E-state index contributed by atoms with van der Waals surface area (Å²) >= 11 is 0. The molecule has 1 fully saturated rings. The van der Waals surface area contributed by atoms with E-state index in [0.717, 1.165) is 11.3 Å². The number of carbonyl (C=O) groups is 2. The molecule has 1 heterocycles. The Labute approximate surface area is 124 Å². The monoisotopic (exact) mass is 291 g/mol. The van der Waals surface area contributed by atoms with Crippen LogP contribution < -0.4 is 4.74 Å². The molecule has 0 radical (unpaired) electrons. The number of likely N-dealkylation sites (tertiary alicyclic amines) is 1. The summed E-state index contributed by atoms with van der Waals surface area (Å²) in [5, 5.41) is 0. The molecule has 1 aromatic rings. The molecule has 0 aromatic heterocycles. The zero-order chi connectivity index (χ0) is 15.2. The first kappa shape index (κ1) is 15.5. The Morgan fingerprint density at radius 2 is 2.05 bits per heavy atom. The highest BCUT2D eigenvalue weighted by molar-refractivity contribution is 5.87. The molecule has 5 heteroatoms. The minimum atomic E-state index is -0.465. The van der Waals surface area contributed by atoms with E-state index in [-0.39, 0.29) is 18.2 Å². The molecular weight excluding hydrogens is 270 g/mol. The number of ether oxygens (including phenoxy) is 2.